The van der Waals surface area contributed by atoms with Gasteiger partial charge in [0.1, 0.15) is 6.04 Å². The maximum atomic E-state index is 12.6. The maximum Gasteiger partial charge on any atom is 0.403 e. The smallest absolute Gasteiger partial charge is 0.340 e. The van der Waals surface area contributed by atoms with Crippen LogP contribution < -0.4 is 0 Å². The molecule has 0 aromatic carbocycles. The second-order valence-corrected chi connectivity index (χ2v) is 5.60. The third-order valence-electron chi connectivity index (χ3n) is 4.24. The van der Waals surface area contributed by atoms with Crippen LogP contribution in [0.1, 0.15) is 26.2 Å². The Balaban J connectivity index is 1.78. The van der Waals surface area contributed by atoms with E-state index in [9.17, 15) is 18.0 Å². The summed E-state index contributed by atoms with van der Waals surface area (Å²) in [5, 5.41) is 0. The van der Waals surface area contributed by atoms with Crippen LogP contribution in [-0.4, -0.2) is 54.1 Å². The van der Waals surface area contributed by atoms with Gasteiger partial charge in [-0.15, -0.1) is 0 Å². The zero-order chi connectivity index (χ0) is 14.8. The molecular formula is C14H21F3N2O. The van der Waals surface area contributed by atoms with E-state index in [-0.39, 0.29) is 5.91 Å². The summed E-state index contributed by atoms with van der Waals surface area (Å²) >= 11 is 0. The number of alkyl halides is 3. The third kappa shape index (κ3) is 3.75. The molecule has 0 spiro atoms. The normalized spacial score (nSPS) is 26.0. The summed E-state index contributed by atoms with van der Waals surface area (Å²) in [6, 6.07) is -1.43. The summed E-state index contributed by atoms with van der Waals surface area (Å²) in [6.45, 7) is 2.58. The van der Waals surface area contributed by atoms with Gasteiger partial charge in [-0.25, -0.2) is 0 Å². The van der Waals surface area contributed by atoms with E-state index >= 15 is 0 Å². The van der Waals surface area contributed by atoms with E-state index in [0.29, 0.717) is 38.5 Å². The predicted octanol–water partition coefficient (Wildman–Crippen LogP) is 2.44. The first kappa shape index (κ1) is 15.4. The van der Waals surface area contributed by atoms with E-state index in [2.05, 4.69) is 12.2 Å². The molecule has 6 heteroatoms. The van der Waals surface area contributed by atoms with Gasteiger partial charge in [-0.1, -0.05) is 12.2 Å². The SMILES string of the molecule is C[C@@H](N1CCN(C(=O)C[C@@H]2C=CCC2)CC1)C(F)(F)F. The highest BCUT2D eigenvalue weighted by Gasteiger charge is 2.41. The number of carbonyl (C=O) groups is 1. The number of nitrogens with zero attached hydrogens (tertiary/aromatic N) is 2. The van der Waals surface area contributed by atoms with E-state index in [1.807, 2.05) is 0 Å². The molecule has 3 nitrogen and oxygen atoms in total. The Morgan fingerprint density at radius 1 is 1.30 bits per heavy atom. The standard InChI is InChI=1S/C14H21F3N2O/c1-11(14(15,16)17)18-6-8-19(9-7-18)13(20)10-12-4-2-3-5-12/h2,4,11-12H,3,5-10H2,1H3/t11-,12-/m1/s1. The molecule has 114 valence electrons. The van der Waals surface area contributed by atoms with E-state index in [1.54, 1.807) is 4.90 Å². The van der Waals surface area contributed by atoms with Crippen LogP contribution in [0.5, 0.6) is 0 Å². The van der Waals surface area contributed by atoms with Crippen LogP contribution in [0.15, 0.2) is 12.2 Å². The number of amides is 1. The quantitative estimate of drug-likeness (QED) is 0.745. The summed E-state index contributed by atoms with van der Waals surface area (Å²) in [5.41, 5.74) is 0. The molecule has 1 aliphatic heterocycles. The first-order valence-corrected chi connectivity index (χ1v) is 7.13. The molecule has 0 saturated carbocycles. The predicted molar refractivity (Wildman–Crippen MR) is 70.2 cm³/mol. The van der Waals surface area contributed by atoms with Crippen molar-refractivity contribution in [3.8, 4) is 0 Å². The van der Waals surface area contributed by atoms with E-state index in [0.717, 1.165) is 12.8 Å². The highest BCUT2D eigenvalue weighted by Crippen LogP contribution is 2.26. The first-order chi connectivity index (χ1) is 9.38. The Morgan fingerprint density at radius 3 is 2.45 bits per heavy atom. The largest absolute Gasteiger partial charge is 0.403 e. The molecule has 1 saturated heterocycles. The summed E-state index contributed by atoms with van der Waals surface area (Å²) in [6.07, 6.45) is 2.48. The van der Waals surface area contributed by atoms with Crippen molar-refractivity contribution in [1.82, 2.24) is 9.80 Å². The van der Waals surface area contributed by atoms with Gasteiger partial charge in [0.05, 0.1) is 0 Å². The molecular weight excluding hydrogens is 269 g/mol. The van der Waals surface area contributed by atoms with E-state index in [1.165, 1.54) is 11.8 Å². The van der Waals surface area contributed by atoms with Crippen molar-refractivity contribution in [2.45, 2.75) is 38.4 Å². The summed E-state index contributed by atoms with van der Waals surface area (Å²) in [5.74, 6) is 0.385. The van der Waals surface area contributed by atoms with E-state index in [4.69, 9.17) is 0 Å². The molecule has 0 radical (unpaired) electrons. The van der Waals surface area contributed by atoms with Gasteiger partial charge in [-0.3, -0.25) is 9.69 Å². The van der Waals surface area contributed by atoms with Gasteiger partial charge in [-0.05, 0) is 25.7 Å². The summed E-state index contributed by atoms with van der Waals surface area (Å²) in [4.78, 5) is 15.2. The van der Waals surface area contributed by atoms with Crippen molar-refractivity contribution in [1.29, 1.82) is 0 Å². The van der Waals surface area contributed by atoms with Gasteiger partial charge in [0.25, 0.3) is 0 Å². The lowest BCUT2D eigenvalue weighted by atomic mass is 10.0. The van der Waals surface area contributed by atoms with Gasteiger partial charge in [0.2, 0.25) is 5.91 Å². The Hall–Kier alpha value is -1.04. The van der Waals surface area contributed by atoms with Gasteiger partial charge >= 0.3 is 6.18 Å². The van der Waals surface area contributed by atoms with Gasteiger partial charge in [0, 0.05) is 32.6 Å². The zero-order valence-corrected chi connectivity index (χ0v) is 11.7. The van der Waals surface area contributed by atoms with Crippen LogP contribution >= 0.6 is 0 Å². The van der Waals surface area contributed by atoms with Crippen LogP contribution in [0.2, 0.25) is 0 Å². The van der Waals surface area contributed by atoms with Crippen LogP contribution in [0.25, 0.3) is 0 Å². The molecule has 2 rings (SSSR count). The molecule has 1 heterocycles. The molecule has 2 atom stereocenters. The second kappa shape index (κ2) is 6.16. The Bertz CT molecular complexity index is 373. The maximum absolute atomic E-state index is 12.6. The molecule has 2 aliphatic rings. The number of halogens is 3. The fraction of sp³-hybridized carbons (Fsp3) is 0.786. The first-order valence-electron chi connectivity index (χ1n) is 7.13. The third-order valence-corrected chi connectivity index (χ3v) is 4.24. The minimum absolute atomic E-state index is 0.0702. The lowest BCUT2D eigenvalue weighted by Crippen LogP contribution is -2.54. The highest BCUT2D eigenvalue weighted by atomic mass is 19.4. The monoisotopic (exact) mass is 290 g/mol. The minimum Gasteiger partial charge on any atom is -0.340 e. The molecule has 0 bridgehead atoms. The fourth-order valence-corrected chi connectivity index (χ4v) is 2.78. The minimum atomic E-state index is -4.19. The lowest BCUT2D eigenvalue weighted by Gasteiger charge is -2.38. The van der Waals surface area contributed by atoms with Crippen molar-refractivity contribution in [3.63, 3.8) is 0 Å². The number of rotatable bonds is 3. The van der Waals surface area contributed by atoms with Crippen molar-refractivity contribution >= 4 is 5.91 Å². The highest BCUT2D eigenvalue weighted by molar-refractivity contribution is 5.76. The number of allylic oxidation sites excluding steroid dienone is 2. The lowest BCUT2D eigenvalue weighted by molar-refractivity contribution is -0.183. The van der Waals surface area contributed by atoms with E-state index < -0.39 is 12.2 Å². The topological polar surface area (TPSA) is 23.6 Å². The summed E-state index contributed by atoms with van der Waals surface area (Å²) in [7, 11) is 0. The number of carbonyl (C=O) groups excluding carboxylic acids is 1. The number of hydrogen-bond acceptors (Lipinski definition) is 2. The van der Waals surface area contributed by atoms with Crippen molar-refractivity contribution in [3.05, 3.63) is 12.2 Å². The Kier molecular flexibility index (Phi) is 4.73. The molecule has 0 N–H and O–H groups in total. The van der Waals surface area contributed by atoms with Gasteiger partial charge in [0.15, 0.2) is 0 Å². The van der Waals surface area contributed by atoms with Crippen LogP contribution in [0.4, 0.5) is 13.2 Å². The molecule has 1 amide bonds. The fourth-order valence-electron chi connectivity index (χ4n) is 2.78. The average Bonchev–Trinajstić information content (AvgIpc) is 2.90. The molecule has 0 aromatic rings. The zero-order valence-electron chi connectivity index (χ0n) is 11.7. The average molecular weight is 290 g/mol. The van der Waals surface area contributed by atoms with Crippen LogP contribution in [0.3, 0.4) is 0 Å². The molecule has 1 fully saturated rings. The van der Waals surface area contributed by atoms with Crippen molar-refractivity contribution in [2.24, 2.45) is 5.92 Å². The summed E-state index contributed by atoms with van der Waals surface area (Å²) < 4.78 is 37.9. The molecule has 1 aliphatic carbocycles. The molecule has 20 heavy (non-hydrogen) atoms. The van der Waals surface area contributed by atoms with Crippen molar-refractivity contribution < 1.29 is 18.0 Å². The Labute approximate surface area is 117 Å². The van der Waals surface area contributed by atoms with Crippen molar-refractivity contribution in [2.75, 3.05) is 26.2 Å². The Morgan fingerprint density at radius 2 is 1.95 bits per heavy atom. The molecule has 0 aromatic heterocycles. The van der Waals surface area contributed by atoms with Gasteiger partial charge in [-0.2, -0.15) is 13.2 Å². The van der Waals surface area contributed by atoms with Crippen LogP contribution in [-0.2, 0) is 4.79 Å². The van der Waals surface area contributed by atoms with Gasteiger partial charge < -0.3 is 4.90 Å². The second-order valence-electron chi connectivity index (χ2n) is 5.60. The number of piperazine rings is 1. The molecule has 0 unspecified atom stereocenters. The number of hydrogen-bond donors (Lipinski definition) is 0. The van der Waals surface area contributed by atoms with Crippen LogP contribution in [0, 0.1) is 5.92 Å².